The predicted molar refractivity (Wildman–Crippen MR) is 85.5 cm³/mol. The Labute approximate surface area is 127 Å². The highest BCUT2D eigenvalue weighted by molar-refractivity contribution is 5.91. The van der Waals surface area contributed by atoms with Crippen LogP contribution < -0.4 is 15.8 Å². The van der Waals surface area contributed by atoms with E-state index >= 15 is 0 Å². The van der Waals surface area contributed by atoms with Gasteiger partial charge in [0.1, 0.15) is 5.75 Å². The van der Waals surface area contributed by atoms with E-state index in [1.807, 2.05) is 24.3 Å². The Balaban J connectivity index is 1.89. The highest BCUT2D eigenvalue weighted by Crippen LogP contribution is 2.29. The van der Waals surface area contributed by atoms with Crippen molar-refractivity contribution in [2.75, 3.05) is 11.9 Å². The number of hydrogen-bond donors (Lipinski definition) is 2. The fourth-order valence-corrected chi connectivity index (χ4v) is 2.84. The summed E-state index contributed by atoms with van der Waals surface area (Å²) in [6.45, 7) is 2.75. The summed E-state index contributed by atoms with van der Waals surface area (Å²) in [5.74, 6) is 0.779. The number of amides is 1. The molecule has 116 valence electrons. The molecule has 4 nitrogen and oxygen atoms in total. The van der Waals surface area contributed by atoms with Crippen LogP contribution in [-0.2, 0) is 4.79 Å². The van der Waals surface area contributed by atoms with Gasteiger partial charge in [0.05, 0.1) is 6.61 Å². The third kappa shape index (κ3) is 5.05. The Morgan fingerprint density at radius 2 is 2.10 bits per heavy atom. The summed E-state index contributed by atoms with van der Waals surface area (Å²) >= 11 is 0. The van der Waals surface area contributed by atoms with Crippen molar-refractivity contribution in [2.24, 2.45) is 5.73 Å². The summed E-state index contributed by atoms with van der Waals surface area (Å²) < 4.78 is 5.57. The van der Waals surface area contributed by atoms with Crippen LogP contribution in [0.3, 0.4) is 0 Å². The first-order valence-electron chi connectivity index (χ1n) is 7.93. The number of benzene rings is 1. The number of ether oxygens (including phenoxy) is 1. The van der Waals surface area contributed by atoms with Crippen molar-refractivity contribution in [3.63, 3.8) is 0 Å². The van der Waals surface area contributed by atoms with Crippen molar-refractivity contribution in [1.82, 2.24) is 0 Å². The van der Waals surface area contributed by atoms with Gasteiger partial charge in [-0.3, -0.25) is 4.79 Å². The number of hydrogen-bond acceptors (Lipinski definition) is 3. The molecule has 0 heterocycles. The van der Waals surface area contributed by atoms with Gasteiger partial charge in [-0.25, -0.2) is 0 Å². The Kier molecular flexibility index (Phi) is 5.62. The molecule has 1 aromatic carbocycles. The van der Waals surface area contributed by atoms with Gasteiger partial charge in [0.2, 0.25) is 5.91 Å². The lowest BCUT2D eigenvalue weighted by atomic mass is 9.80. The van der Waals surface area contributed by atoms with E-state index in [1.54, 1.807) is 0 Å². The third-order valence-electron chi connectivity index (χ3n) is 3.95. The summed E-state index contributed by atoms with van der Waals surface area (Å²) in [4.78, 5) is 12.2. The van der Waals surface area contributed by atoms with Crippen LogP contribution in [0.15, 0.2) is 24.3 Å². The minimum atomic E-state index is -0.321. The molecule has 21 heavy (non-hydrogen) atoms. The average molecular weight is 290 g/mol. The van der Waals surface area contributed by atoms with E-state index in [0.29, 0.717) is 13.0 Å². The third-order valence-corrected chi connectivity index (χ3v) is 3.95. The fourth-order valence-electron chi connectivity index (χ4n) is 2.84. The smallest absolute Gasteiger partial charge is 0.226 e. The van der Waals surface area contributed by atoms with E-state index in [-0.39, 0.29) is 11.4 Å². The number of nitrogens with one attached hydrogen (secondary N) is 1. The highest BCUT2D eigenvalue weighted by Gasteiger charge is 2.29. The van der Waals surface area contributed by atoms with E-state index in [2.05, 4.69) is 12.2 Å². The zero-order chi connectivity index (χ0) is 15.1. The molecule has 0 spiro atoms. The van der Waals surface area contributed by atoms with Crippen molar-refractivity contribution in [2.45, 2.75) is 57.4 Å². The number of rotatable bonds is 6. The van der Waals surface area contributed by atoms with Gasteiger partial charge in [0, 0.05) is 23.7 Å². The monoisotopic (exact) mass is 290 g/mol. The zero-order valence-electron chi connectivity index (χ0n) is 12.9. The summed E-state index contributed by atoms with van der Waals surface area (Å²) in [7, 11) is 0. The standard InChI is InChI=1S/C17H26N2O2/c1-2-11-21-15-8-6-7-14(12-15)19-16(20)13-17(18)9-4-3-5-10-17/h6-8,12H,2-5,9-11,13,18H2,1H3,(H,19,20). The van der Waals surface area contributed by atoms with Crippen molar-refractivity contribution in [3.05, 3.63) is 24.3 Å². The van der Waals surface area contributed by atoms with Crippen LogP contribution in [0.5, 0.6) is 5.75 Å². The van der Waals surface area contributed by atoms with E-state index in [0.717, 1.165) is 43.5 Å². The molecule has 1 aliphatic carbocycles. The first-order chi connectivity index (χ1) is 10.1. The minimum Gasteiger partial charge on any atom is -0.494 e. The van der Waals surface area contributed by atoms with Gasteiger partial charge in [-0.2, -0.15) is 0 Å². The molecule has 1 aliphatic rings. The van der Waals surface area contributed by atoms with Crippen LogP contribution in [-0.4, -0.2) is 18.1 Å². The summed E-state index contributed by atoms with van der Waals surface area (Å²) in [6, 6.07) is 7.52. The normalized spacial score (nSPS) is 17.2. The SMILES string of the molecule is CCCOc1cccc(NC(=O)CC2(N)CCCCC2)c1. The first kappa shape index (κ1) is 15.8. The second-order valence-corrected chi connectivity index (χ2v) is 6.02. The maximum absolute atomic E-state index is 12.2. The van der Waals surface area contributed by atoms with Crippen LogP contribution in [0.1, 0.15) is 51.9 Å². The number of carbonyl (C=O) groups excluding carboxylic acids is 1. The maximum Gasteiger partial charge on any atom is 0.226 e. The largest absolute Gasteiger partial charge is 0.494 e. The summed E-state index contributed by atoms with van der Waals surface area (Å²) in [5, 5.41) is 2.93. The molecule has 0 aromatic heterocycles. The number of nitrogens with two attached hydrogens (primary N) is 1. The van der Waals surface area contributed by atoms with Crippen LogP contribution in [0.2, 0.25) is 0 Å². The van der Waals surface area contributed by atoms with Crippen molar-refractivity contribution < 1.29 is 9.53 Å². The Morgan fingerprint density at radius 3 is 2.81 bits per heavy atom. The molecule has 0 unspecified atom stereocenters. The molecule has 1 amide bonds. The Morgan fingerprint density at radius 1 is 1.33 bits per heavy atom. The van der Waals surface area contributed by atoms with Gasteiger partial charge >= 0.3 is 0 Å². The second-order valence-electron chi connectivity index (χ2n) is 6.02. The van der Waals surface area contributed by atoms with Crippen molar-refractivity contribution in [1.29, 1.82) is 0 Å². The van der Waals surface area contributed by atoms with Crippen LogP contribution in [0, 0.1) is 0 Å². The molecule has 1 saturated carbocycles. The molecule has 2 rings (SSSR count). The lowest BCUT2D eigenvalue weighted by molar-refractivity contribution is -0.117. The minimum absolute atomic E-state index is 0.00737. The number of anilines is 1. The molecular formula is C17H26N2O2. The Bertz CT molecular complexity index is 468. The zero-order valence-corrected chi connectivity index (χ0v) is 12.9. The van der Waals surface area contributed by atoms with Crippen LogP contribution in [0.4, 0.5) is 5.69 Å². The van der Waals surface area contributed by atoms with Crippen LogP contribution in [0.25, 0.3) is 0 Å². The molecule has 3 N–H and O–H groups in total. The maximum atomic E-state index is 12.2. The van der Waals surface area contributed by atoms with Gasteiger partial charge in [0.25, 0.3) is 0 Å². The first-order valence-corrected chi connectivity index (χ1v) is 7.93. The molecular weight excluding hydrogens is 264 g/mol. The quantitative estimate of drug-likeness (QED) is 0.843. The highest BCUT2D eigenvalue weighted by atomic mass is 16.5. The molecule has 4 heteroatoms. The van der Waals surface area contributed by atoms with Crippen molar-refractivity contribution in [3.8, 4) is 5.75 Å². The van der Waals surface area contributed by atoms with Gasteiger partial charge in [-0.1, -0.05) is 32.3 Å². The van der Waals surface area contributed by atoms with Gasteiger partial charge in [-0.15, -0.1) is 0 Å². The molecule has 1 aromatic rings. The lowest BCUT2D eigenvalue weighted by Gasteiger charge is -2.32. The van der Waals surface area contributed by atoms with Crippen LogP contribution >= 0.6 is 0 Å². The summed E-state index contributed by atoms with van der Waals surface area (Å²) in [6.07, 6.45) is 6.74. The predicted octanol–water partition coefficient (Wildman–Crippen LogP) is 3.47. The number of carbonyl (C=O) groups is 1. The van der Waals surface area contributed by atoms with E-state index in [1.165, 1.54) is 6.42 Å². The lowest BCUT2D eigenvalue weighted by Crippen LogP contribution is -2.44. The van der Waals surface area contributed by atoms with Gasteiger partial charge in [-0.05, 0) is 31.4 Å². The fraction of sp³-hybridized carbons (Fsp3) is 0.588. The van der Waals surface area contributed by atoms with E-state index < -0.39 is 0 Å². The summed E-state index contributed by atoms with van der Waals surface area (Å²) in [5.41, 5.74) is 6.77. The molecule has 0 bridgehead atoms. The molecule has 1 fully saturated rings. The van der Waals surface area contributed by atoms with Crippen molar-refractivity contribution >= 4 is 11.6 Å². The molecule has 0 aliphatic heterocycles. The van der Waals surface area contributed by atoms with E-state index in [9.17, 15) is 4.79 Å². The van der Waals surface area contributed by atoms with Gasteiger partial charge in [0.15, 0.2) is 0 Å². The topological polar surface area (TPSA) is 64.3 Å². The molecule has 0 atom stereocenters. The second kappa shape index (κ2) is 7.46. The van der Waals surface area contributed by atoms with Gasteiger partial charge < -0.3 is 15.8 Å². The molecule has 0 radical (unpaired) electrons. The average Bonchev–Trinajstić information content (AvgIpc) is 2.45. The molecule has 0 saturated heterocycles. The van der Waals surface area contributed by atoms with E-state index in [4.69, 9.17) is 10.5 Å². The Hall–Kier alpha value is -1.55.